The first-order valence-electron chi connectivity index (χ1n) is 3.72. The predicted octanol–water partition coefficient (Wildman–Crippen LogP) is 2.04. The summed E-state index contributed by atoms with van der Waals surface area (Å²) in [5.74, 6) is 2.33. The van der Waals surface area contributed by atoms with Crippen molar-refractivity contribution >= 4 is 11.9 Å². The molecule has 0 aromatic carbocycles. The maximum absolute atomic E-state index is 3.11. The number of rotatable bonds is 3. The molecular weight excluding hydrogens is 130 g/mol. The van der Waals surface area contributed by atoms with E-state index in [-0.39, 0.29) is 0 Å². The van der Waals surface area contributed by atoms with Gasteiger partial charge in [-0.3, -0.25) is 4.72 Å². The summed E-state index contributed by atoms with van der Waals surface area (Å²) < 4.78 is 3.11. The highest BCUT2D eigenvalue weighted by Crippen LogP contribution is 2.26. The Morgan fingerprint density at radius 1 is 1.44 bits per heavy atom. The van der Waals surface area contributed by atoms with Gasteiger partial charge in [-0.1, -0.05) is 24.8 Å². The molecule has 1 rings (SSSR count). The molecule has 1 fully saturated rings. The fourth-order valence-electron chi connectivity index (χ4n) is 1.38. The molecule has 1 nitrogen and oxygen atoms in total. The van der Waals surface area contributed by atoms with E-state index in [0.717, 1.165) is 5.92 Å². The van der Waals surface area contributed by atoms with Crippen LogP contribution < -0.4 is 4.72 Å². The van der Waals surface area contributed by atoms with Crippen LogP contribution in [0.1, 0.15) is 25.7 Å². The Morgan fingerprint density at radius 3 is 2.67 bits per heavy atom. The Kier molecular flexibility index (Phi) is 3.44. The standard InChI is InChI=1S/C7H15NS/c1-8-9-6-7-4-2-3-5-7/h7-8H,2-6H2,1H3. The predicted molar refractivity (Wildman–Crippen MR) is 43.5 cm³/mol. The van der Waals surface area contributed by atoms with Gasteiger partial charge in [-0.2, -0.15) is 0 Å². The van der Waals surface area contributed by atoms with Crippen LogP contribution in [-0.2, 0) is 0 Å². The van der Waals surface area contributed by atoms with E-state index >= 15 is 0 Å². The molecule has 0 saturated heterocycles. The zero-order valence-electron chi connectivity index (χ0n) is 6.02. The summed E-state index contributed by atoms with van der Waals surface area (Å²) in [6.07, 6.45) is 5.87. The van der Waals surface area contributed by atoms with Gasteiger partial charge in [0.15, 0.2) is 0 Å². The highest BCUT2D eigenvalue weighted by atomic mass is 32.2. The summed E-state index contributed by atoms with van der Waals surface area (Å²) in [6.45, 7) is 0. The van der Waals surface area contributed by atoms with Crippen molar-refractivity contribution in [3.8, 4) is 0 Å². The van der Waals surface area contributed by atoms with Gasteiger partial charge in [0.25, 0.3) is 0 Å². The second kappa shape index (κ2) is 4.18. The molecule has 0 aromatic rings. The van der Waals surface area contributed by atoms with E-state index in [1.165, 1.54) is 31.4 Å². The number of hydrogen-bond donors (Lipinski definition) is 1. The Hall–Kier alpha value is 0.310. The molecule has 54 valence electrons. The molecule has 1 N–H and O–H groups in total. The Morgan fingerprint density at radius 2 is 2.11 bits per heavy atom. The zero-order chi connectivity index (χ0) is 6.53. The second-order valence-electron chi connectivity index (χ2n) is 2.67. The van der Waals surface area contributed by atoms with Gasteiger partial charge in [-0.05, 0) is 25.8 Å². The fourth-order valence-corrected chi connectivity index (χ4v) is 2.11. The van der Waals surface area contributed by atoms with Gasteiger partial charge in [0.2, 0.25) is 0 Å². The van der Waals surface area contributed by atoms with E-state index < -0.39 is 0 Å². The molecule has 0 spiro atoms. The van der Waals surface area contributed by atoms with Crippen LogP contribution in [-0.4, -0.2) is 12.8 Å². The van der Waals surface area contributed by atoms with Gasteiger partial charge in [0, 0.05) is 5.75 Å². The first-order chi connectivity index (χ1) is 4.43. The molecule has 1 aliphatic rings. The second-order valence-corrected chi connectivity index (χ2v) is 3.70. The van der Waals surface area contributed by atoms with Crippen molar-refractivity contribution in [3.05, 3.63) is 0 Å². The van der Waals surface area contributed by atoms with E-state index in [1.54, 1.807) is 0 Å². The first kappa shape index (κ1) is 7.42. The van der Waals surface area contributed by atoms with Crippen LogP contribution in [0.2, 0.25) is 0 Å². The smallest absolute Gasteiger partial charge is 0.0107 e. The summed E-state index contributed by atoms with van der Waals surface area (Å²) in [4.78, 5) is 0. The lowest BCUT2D eigenvalue weighted by molar-refractivity contribution is 0.622. The van der Waals surface area contributed by atoms with Crippen LogP contribution in [0.4, 0.5) is 0 Å². The quantitative estimate of drug-likeness (QED) is 0.610. The largest absolute Gasteiger partial charge is 0.267 e. The molecule has 0 radical (unpaired) electrons. The Balaban J connectivity index is 1.98. The molecule has 0 bridgehead atoms. The van der Waals surface area contributed by atoms with Crippen molar-refractivity contribution < 1.29 is 0 Å². The molecule has 0 unspecified atom stereocenters. The van der Waals surface area contributed by atoms with E-state index in [2.05, 4.69) is 4.72 Å². The molecule has 0 aromatic heterocycles. The Labute approximate surface area is 61.7 Å². The Bertz CT molecular complexity index is 69.3. The average Bonchev–Trinajstić information content (AvgIpc) is 2.34. The SMILES string of the molecule is CNSCC1CCCC1. The van der Waals surface area contributed by atoms with Crippen LogP contribution in [0.5, 0.6) is 0 Å². The molecule has 9 heavy (non-hydrogen) atoms. The third-order valence-corrected chi connectivity index (χ3v) is 2.86. The van der Waals surface area contributed by atoms with E-state index in [4.69, 9.17) is 0 Å². The summed E-state index contributed by atoms with van der Waals surface area (Å²) >= 11 is 1.86. The number of hydrogen-bond acceptors (Lipinski definition) is 2. The van der Waals surface area contributed by atoms with E-state index in [0.29, 0.717) is 0 Å². The van der Waals surface area contributed by atoms with Crippen LogP contribution in [0.3, 0.4) is 0 Å². The molecule has 2 heteroatoms. The third kappa shape index (κ3) is 2.59. The highest BCUT2D eigenvalue weighted by Gasteiger charge is 2.13. The summed E-state index contributed by atoms with van der Waals surface area (Å²) in [5.41, 5.74) is 0. The summed E-state index contributed by atoms with van der Waals surface area (Å²) in [5, 5.41) is 0. The molecule has 0 heterocycles. The van der Waals surface area contributed by atoms with Gasteiger partial charge in [0.1, 0.15) is 0 Å². The fraction of sp³-hybridized carbons (Fsp3) is 1.00. The van der Waals surface area contributed by atoms with Crippen molar-refractivity contribution in [2.75, 3.05) is 12.8 Å². The summed E-state index contributed by atoms with van der Waals surface area (Å²) in [6, 6.07) is 0. The lowest BCUT2D eigenvalue weighted by Gasteiger charge is -2.05. The molecular formula is C7H15NS. The lowest BCUT2D eigenvalue weighted by Crippen LogP contribution is -2.02. The van der Waals surface area contributed by atoms with Gasteiger partial charge in [0.05, 0.1) is 0 Å². The van der Waals surface area contributed by atoms with Gasteiger partial charge in [-0.15, -0.1) is 0 Å². The van der Waals surface area contributed by atoms with Gasteiger partial charge < -0.3 is 0 Å². The first-order valence-corrected chi connectivity index (χ1v) is 4.70. The van der Waals surface area contributed by atoms with Crippen molar-refractivity contribution in [1.29, 1.82) is 0 Å². The summed E-state index contributed by atoms with van der Waals surface area (Å²) in [7, 11) is 2.00. The van der Waals surface area contributed by atoms with Gasteiger partial charge in [-0.25, -0.2) is 0 Å². The van der Waals surface area contributed by atoms with Crippen LogP contribution in [0, 0.1) is 5.92 Å². The maximum Gasteiger partial charge on any atom is 0.0107 e. The van der Waals surface area contributed by atoms with Crippen molar-refractivity contribution in [2.24, 2.45) is 5.92 Å². The maximum atomic E-state index is 3.11. The molecule has 1 aliphatic carbocycles. The third-order valence-electron chi connectivity index (χ3n) is 1.94. The minimum atomic E-state index is 1.02. The number of nitrogens with one attached hydrogen (secondary N) is 1. The van der Waals surface area contributed by atoms with E-state index in [9.17, 15) is 0 Å². The normalized spacial score (nSPS) is 21.0. The van der Waals surface area contributed by atoms with Gasteiger partial charge >= 0.3 is 0 Å². The molecule has 1 saturated carbocycles. The van der Waals surface area contributed by atoms with Crippen LogP contribution in [0.15, 0.2) is 0 Å². The zero-order valence-corrected chi connectivity index (χ0v) is 6.84. The minimum absolute atomic E-state index is 1.02. The molecule has 0 aliphatic heterocycles. The monoisotopic (exact) mass is 145 g/mol. The molecule has 0 amide bonds. The molecule has 0 atom stereocenters. The highest BCUT2D eigenvalue weighted by molar-refractivity contribution is 7.97. The van der Waals surface area contributed by atoms with Crippen molar-refractivity contribution in [3.63, 3.8) is 0 Å². The van der Waals surface area contributed by atoms with Crippen LogP contribution in [0.25, 0.3) is 0 Å². The van der Waals surface area contributed by atoms with Crippen LogP contribution >= 0.6 is 11.9 Å². The minimum Gasteiger partial charge on any atom is -0.267 e. The van der Waals surface area contributed by atoms with E-state index in [1.807, 2.05) is 19.0 Å². The lowest BCUT2D eigenvalue weighted by atomic mass is 10.1. The van der Waals surface area contributed by atoms with Crippen molar-refractivity contribution in [2.45, 2.75) is 25.7 Å². The average molecular weight is 145 g/mol. The topological polar surface area (TPSA) is 12.0 Å². The van der Waals surface area contributed by atoms with Crippen molar-refractivity contribution in [1.82, 2.24) is 4.72 Å².